The molecule has 0 aliphatic carbocycles. The standard InChI is InChI=1S/C22H18ClN5O2/c23-20-12-24-13-21(26-20)27-10-9-18(14-27)30-22(29)15-5-7-17(8-6-15)28-19-4-2-1-3-16(19)11-25-28/h1-8,11-13,18H,9-10,14H2/t18-/m0/s1. The maximum atomic E-state index is 12.6. The van der Waals surface area contributed by atoms with Gasteiger partial charge in [-0.3, -0.25) is 4.98 Å². The van der Waals surface area contributed by atoms with Crippen molar-refractivity contribution in [3.63, 3.8) is 0 Å². The van der Waals surface area contributed by atoms with Crippen molar-refractivity contribution in [3.8, 4) is 5.69 Å². The van der Waals surface area contributed by atoms with E-state index in [2.05, 4.69) is 15.1 Å². The van der Waals surface area contributed by atoms with Gasteiger partial charge in [0.2, 0.25) is 0 Å². The molecule has 4 aromatic rings. The predicted octanol–water partition coefficient (Wildman–Crippen LogP) is 3.90. The smallest absolute Gasteiger partial charge is 0.338 e. The van der Waals surface area contributed by atoms with Crippen LogP contribution >= 0.6 is 11.6 Å². The van der Waals surface area contributed by atoms with E-state index in [1.165, 1.54) is 6.20 Å². The Balaban J connectivity index is 1.26. The molecule has 5 rings (SSSR count). The summed E-state index contributed by atoms with van der Waals surface area (Å²) < 4.78 is 7.55. The summed E-state index contributed by atoms with van der Waals surface area (Å²) in [4.78, 5) is 22.9. The zero-order valence-electron chi connectivity index (χ0n) is 16.0. The van der Waals surface area contributed by atoms with Crippen LogP contribution in [0.25, 0.3) is 16.6 Å². The highest BCUT2D eigenvalue weighted by Crippen LogP contribution is 2.22. The molecule has 150 valence electrons. The van der Waals surface area contributed by atoms with Crippen molar-refractivity contribution >= 4 is 34.3 Å². The number of benzene rings is 2. The van der Waals surface area contributed by atoms with E-state index < -0.39 is 0 Å². The van der Waals surface area contributed by atoms with Crippen LogP contribution in [0.2, 0.25) is 5.15 Å². The first-order valence-electron chi connectivity index (χ1n) is 9.64. The Labute approximate surface area is 177 Å². The molecule has 1 fully saturated rings. The fourth-order valence-corrected chi connectivity index (χ4v) is 3.80. The summed E-state index contributed by atoms with van der Waals surface area (Å²) in [6.45, 7) is 1.30. The summed E-state index contributed by atoms with van der Waals surface area (Å²) in [6.07, 6.45) is 5.51. The highest BCUT2D eigenvalue weighted by molar-refractivity contribution is 6.29. The molecule has 0 N–H and O–H groups in total. The Morgan fingerprint density at radius 2 is 1.90 bits per heavy atom. The van der Waals surface area contributed by atoms with Gasteiger partial charge in [-0.05, 0) is 30.3 Å². The van der Waals surface area contributed by atoms with Crippen LogP contribution in [0.15, 0.2) is 67.1 Å². The lowest BCUT2D eigenvalue weighted by molar-refractivity contribution is 0.0348. The van der Waals surface area contributed by atoms with E-state index in [4.69, 9.17) is 16.3 Å². The molecular formula is C22H18ClN5O2. The molecule has 1 aliphatic heterocycles. The molecule has 8 heteroatoms. The van der Waals surface area contributed by atoms with Crippen molar-refractivity contribution in [2.24, 2.45) is 0 Å². The van der Waals surface area contributed by atoms with Gasteiger partial charge < -0.3 is 9.64 Å². The highest BCUT2D eigenvalue weighted by atomic mass is 35.5. The second-order valence-corrected chi connectivity index (χ2v) is 7.51. The number of para-hydroxylation sites is 1. The Hall–Kier alpha value is -3.45. The molecule has 1 aliphatic rings. The number of hydrogen-bond donors (Lipinski definition) is 0. The van der Waals surface area contributed by atoms with Crippen LogP contribution < -0.4 is 4.90 Å². The van der Waals surface area contributed by atoms with E-state index in [-0.39, 0.29) is 12.1 Å². The number of anilines is 1. The van der Waals surface area contributed by atoms with E-state index >= 15 is 0 Å². The minimum Gasteiger partial charge on any atom is -0.457 e. The van der Waals surface area contributed by atoms with Crippen LogP contribution in [0, 0.1) is 0 Å². The number of rotatable bonds is 4. The third kappa shape index (κ3) is 3.59. The summed E-state index contributed by atoms with van der Waals surface area (Å²) in [5, 5.41) is 5.85. The van der Waals surface area contributed by atoms with Gasteiger partial charge in [-0.2, -0.15) is 5.10 Å². The second-order valence-electron chi connectivity index (χ2n) is 7.12. The summed E-state index contributed by atoms with van der Waals surface area (Å²) in [7, 11) is 0. The molecule has 7 nitrogen and oxygen atoms in total. The Morgan fingerprint density at radius 1 is 1.07 bits per heavy atom. The Kier molecular flexibility index (Phi) is 4.80. The lowest BCUT2D eigenvalue weighted by Crippen LogP contribution is -2.25. The number of hydrogen-bond acceptors (Lipinski definition) is 6. The molecule has 0 saturated carbocycles. The third-order valence-corrected chi connectivity index (χ3v) is 5.34. The van der Waals surface area contributed by atoms with Gasteiger partial charge in [-0.15, -0.1) is 0 Å². The van der Waals surface area contributed by atoms with E-state index in [1.54, 1.807) is 18.3 Å². The second kappa shape index (κ2) is 7.76. The average molecular weight is 420 g/mol. The van der Waals surface area contributed by atoms with Crippen LogP contribution in [0.1, 0.15) is 16.8 Å². The van der Waals surface area contributed by atoms with Gasteiger partial charge in [-0.1, -0.05) is 29.8 Å². The van der Waals surface area contributed by atoms with Gasteiger partial charge in [-0.25, -0.2) is 14.5 Å². The van der Waals surface area contributed by atoms with Crippen molar-refractivity contribution in [1.29, 1.82) is 0 Å². The van der Waals surface area contributed by atoms with Crippen molar-refractivity contribution in [2.75, 3.05) is 18.0 Å². The monoisotopic (exact) mass is 419 g/mol. The fraction of sp³-hybridized carbons (Fsp3) is 0.182. The van der Waals surface area contributed by atoms with E-state index in [0.29, 0.717) is 23.1 Å². The molecule has 3 heterocycles. The van der Waals surface area contributed by atoms with Gasteiger partial charge in [0, 0.05) is 18.4 Å². The summed E-state index contributed by atoms with van der Waals surface area (Å²) >= 11 is 5.91. The summed E-state index contributed by atoms with van der Waals surface area (Å²) in [5.41, 5.74) is 2.42. The SMILES string of the molecule is O=C(O[C@H]1CCN(c2cncc(Cl)n2)C1)c1ccc(-n2ncc3ccccc32)cc1. The molecule has 0 amide bonds. The molecule has 0 bridgehead atoms. The van der Waals surface area contributed by atoms with Crippen molar-refractivity contribution in [1.82, 2.24) is 19.7 Å². The number of ether oxygens (including phenoxy) is 1. The lowest BCUT2D eigenvalue weighted by Gasteiger charge is -2.17. The lowest BCUT2D eigenvalue weighted by atomic mass is 10.2. The molecule has 2 aromatic heterocycles. The molecule has 30 heavy (non-hydrogen) atoms. The summed E-state index contributed by atoms with van der Waals surface area (Å²) in [6, 6.07) is 15.3. The van der Waals surface area contributed by atoms with E-state index in [1.807, 2.05) is 52.2 Å². The topological polar surface area (TPSA) is 73.1 Å². The molecule has 1 saturated heterocycles. The number of halogens is 1. The number of nitrogens with zero attached hydrogens (tertiary/aromatic N) is 5. The van der Waals surface area contributed by atoms with Crippen LogP contribution in [-0.4, -0.2) is 44.9 Å². The number of esters is 1. The van der Waals surface area contributed by atoms with Gasteiger partial charge in [0.25, 0.3) is 0 Å². The van der Waals surface area contributed by atoms with Crippen LogP contribution in [0.3, 0.4) is 0 Å². The number of aromatic nitrogens is 4. The largest absolute Gasteiger partial charge is 0.457 e. The van der Waals surface area contributed by atoms with Crippen LogP contribution in [-0.2, 0) is 4.74 Å². The van der Waals surface area contributed by atoms with Gasteiger partial charge in [0.15, 0.2) is 0 Å². The quantitative estimate of drug-likeness (QED) is 0.467. The maximum absolute atomic E-state index is 12.6. The number of fused-ring (bicyclic) bond motifs is 1. The summed E-state index contributed by atoms with van der Waals surface area (Å²) in [5.74, 6) is 0.354. The third-order valence-electron chi connectivity index (χ3n) is 5.16. The van der Waals surface area contributed by atoms with Crippen LogP contribution in [0.5, 0.6) is 0 Å². The average Bonchev–Trinajstić information content (AvgIpc) is 3.41. The molecular weight excluding hydrogens is 402 g/mol. The first-order chi connectivity index (χ1) is 14.7. The molecule has 0 unspecified atom stereocenters. The molecule has 0 radical (unpaired) electrons. The Morgan fingerprint density at radius 3 is 2.73 bits per heavy atom. The normalized spacial score (nSPS) is 16.2. The number of carbonyl (C=O) groups is 1. The minimum atomic E-state index is -0.337. The Bertz CT molecular complexity index is 1210. The van der Waals surface area contributed by atoms with Crippen molar-refractivity contribution in [3.05, 3.63) is 77.8 Å². The number of carbonyl (C=O) groups excluding carboxylic acids is 1. The van der Waals surface area contributed by atoms with Gasteiger partial charge in [0.1, 0.15) is 17.1 Å². The molecule has 1 atom stereocenters. The highest BCUT2D eigenvalue weighted by Gasteiger charge is 2.27. The van der Waals surface area contributed by atoms with Gasteiger partial charge in [0.05, 0.1) is 41.9 Å². The van der Waals surface area contributed by atoms with Gasteiger partial charge >= 0.3 is 5.97 Å². The van der Waals surface area contributed by atoms with E-state index in [0.717, 1.165) is 29.6 Å². The first-order valence-corrected chi connectivity index (χ1v) is 10.0. The zero-order chi connectivity index (χ0) is 20.5. The minimum absolute atomic E-state index is 0.201. The molecule has 2 aromatic carbocycles. The van der Waals surface area contributed by atoms with Crippen molar-refractivity contribution in [2.45, 2.75) is 12.5 Å². The van der Waals surface area contributed by atoms with Crippen molar-refractivity contribution < 1.29 is 9.53 Å². The van der Waals surface area contributed by atoms with E-state index in [9.17, 15) is 4.79 Å². The maximum Gasteiger partial charge on any atom is 0.338 e. The zero-order valence-corrected chi connectivity index (χ0v) is 16.7. The fourth-order valence-electron chi connectivity index (χ4n) is 3.65. The molecule has 0 spiro atoms. The first kappa shape index (κ1) is 18.6. The predicted molar refractivity (Wildman–Crippen MR) is 114 cm³/mol. The van der Waals surface area contributed by atoms with Crippen LogP contribution in [0.4, 0.5) is 5.82 Å².